The number of nitrogens with zero attached hydrogens (tertiary/aromatic N) is 3. The van der Waals surface area contributed by atoms with Crippen LogP contribution in [0.2, 0.25) is 0 Å². The second kappa shape index (κ2) is 4.35. The quantitative estimate of drug-likeness (QED) is 0.687. The van der Waals surface area contributed by atoms with Crippen molar-refractivity contribution >= 4 is 17.8 Å². The number of hydrogen-bond acceptors (Lipinski definition) is 4. The lowest BCUT2D eigenvalue weighted by atomic mass is 10.4. The minimum atomic E-state index is -0.962. The van der Waals surface area contributed by atoms with Crippen molar-refractivity contribution in [3.8, 4) is 0 Å². The summed E-state index contributed by atoms with van der Waals surface area (Å²) >= 11 is 0. The highest BCUT2D eigenvalue weighted by atomic mass is 16.4. The molecule has 0 aliphatic heterocycles. The van der Waals surface area contributed by atoms with Crippen molar-refractivity contribution in [2.45, 2.75) is 13.3 Å². The molecule has 7 heteroatoms. The fourth-order valence-electron chi connectivity index (χ4n) is 0.949. The first-order valence-corrected chi connectivity index (χ1v) is 3.96. The monoisotopic (exact) mass is 198 g/mol. The van der Waals surface area contributed by atoms with Gasteiger partial charge in [-0.05, 0) is 0 Å². The molecular weight excluding hydrogens is 188 g/mol. The van der Waals surface area contributed by atoms with Gasteiger partial charge >= 0.3 is 5.97 Å². The van der Waals surface area contributed by atoms with Gasteiger partial charge in [0.15, 0.2) is 0 Å². The van der Waals surface area contributed by atoms with Crippen molar-refractivity contribution in [2.24, 2.45) is 0 Å². The third-order valence-electron chi connectivity index (χ3n) is 1.59. The molecule has 76 valence electrons. The topological polar surface area (TPSA) is 99.2 Å². The van der Waals surface area contributed by atoms with Gasteiger partial charge in [-0.15, -0.1) is 0 Å². The molecule has 1 aromatic rings. The van der Waals surface area contributed by atoms with Crippen molar-refractivity contribution in [1.29, 1.82) is 0 Å². The standard InChI is InChI=1S/C7H10N4O3/c1-5(12)11(3-2-6(13)14)7-8-4-9-10-7/h4H,2-3H2,1H3,(H,13,14)(H,8,9,10). The zero-order valence-corrected chi connectivity index (χ0v) is 7.60. The third kappa shape index (κ3) is 2.54. The molecule has 0 saturated carbocycles. The Bertz CT molecular complexity index is 322. The summed E-state index contributed by atoms with van der Waals surface area (Å²) in [5.74, 6) is -0.975. The van der Waals surface area contributed by atoms with Gasteiger partial charge in [-0.1, -0.05) is 0 Å². The fourth-order valence-corrected chi connectivity index (χ4v) is 0.949. The number of carbonyl (C=O) groups excluding carboxylic acids is 1. The van der Waals surface area contributed by atoms with Gasteiger partial charge in [0, 0.05) is 13.5 Å². The van der Waals surface area contributed by atoms with Crippen LogP contribution in [-0.2, 0) is 9.59 Å². The zero-order chi connectivity index (χ0) is 10.6. The van der Waals surface area contributed by atoms with E-state index in [1.807, 2.05) is 0 Å². The normalized spacial score (nSPS) is 9.79. The highest BCUT2D eigenvalue weighted by Crippen LogP contribution is 2.05. The number of carboxylic acids is 1. The van der Waals surface area contributed by atoms with Crippen molar-refractivity contribution in [1.82, 2.24) is 15.2 Å². The largest absolute Gasteiger partial charge is 0.481 e. The summed E-state index contributed by atoms with van der Waals surface area (Å²) in [6, 6.07) is 0. The lowest BCUT2D eigenvalue weighted by Gasteiger charge is -2.15. The molecule has 14 heavy (non-hydrogen) atoms. The molecule has 0 saturated heterocycles. The lowest BCUT2D eigenvalue weighted by molar-refractivity contribution is -0.136. The lowest BCUT2D eigenvalue weighted by Crippen LogP contribution is -2.31. The van der Waals surface area contributed by atoms with Gasteiger partial charge in [0.25, 0.3) is 0 Å². The van der Waals surface area contributed by atoms with Crippen LogP contribution in [0.15, 0.2) is 6.33 Å². The smallest absolute Gasteiger partial charge is 0.305 e. The minimum Gasteiger partial charge on any atom is -0.481 e. The van der Waals surface area contributed by atoms with Gasteiger partial charge in [-0.25, -0.2) is 5.10 Å². The highest BCUT2D eigenvalue weighted by Gasteiger charge is 2.14. The maximum Gasteiger partial charge on any atom is 0.305 e. The summed E-state index contributed by atoms with van der Waals surface area (Å²) in [4.78, 5) is 26.4. The molecular formula is C7H10N4O3. The van der Waals surface area contributed by atoms with Crippen LogP contribution in [0.5, 0.6) is 0 Å². The summed E-state index contributed by atoms with van der Waals surface area (Å²) in [5.41, 5.74) is 0. The number of H-pyrrole nitrogens is 1. The molecule has 1 aromatic heterocycles. The van der Waals surface area contributed by atoms with Gasteiger partial charge in [-0.2, -0.15) is 10.1 Å². The van der Waals surface area contributed by atoms with E-state index in [-0.39, 0.29) is 24.8 Å². The average Bonchev–Trinajstić information content (AvgIpc) is 2.56. The Balaban J connectivity index is 2.66. The Hall–Kier alpha value is -1.92. The molecule has 0 atom stereocenters. The van der Waals surface area contributed by atoms with E-state index >= 15 is 0 Å². The molecule has 2 N–H and O–H groups in total. The molecule has 1 rings (SSSR count). The summed E-state index contributed by atoms with van der Waals surface area (Å²) in [5, 5.41) is 14.5. The van der Waals surface area contributed by atoms with E-state index in [0.29, 0.717) is 0 Å². The minimum absolute atomic E-state index is 0.0832. The molecule has 0 fully saturated rings. The maximum absolute atomic E-state index is 11.1. The molecule has 0 bridgehead atoms. The van der Waals surface area contributed by atoms with E-state index in [2.05, 4.69) is 15.2 Å². The van der Waals surface area contributed by atoms with Gasteiger partial charge < -0.3 is 5.11 Å². The number of hydrogen-bond donors (Lipinski definition) is 2. The van der Waals surface area contributed by atoms with Crippen molar-refractivity contribution in [3.05, 3.63) is 6.33 Å². The fraction of sp³-hybridized carbons (Fsp3) is 0.429. The summed E-state index contributed by atoms with van der Waals surface area (Å²) in [7, 11) is 0. The Kier molecular flexibility index (Phi) is 3.16. The molecule has 0 spiro atoms. The van der Waals surface area contributed by atoms with Crippen LogP contribution < -0.4 is 4.90 Å². The Morgan fingerprint density at radius 2 is 2.36 bits per heavy atom. The number of aliphatic carboxylic acids is 1. The summed E-state index contributed by atoms with van der Waals surface area (Å²) in [6.45, 7) is 1.42. The molecule has 0 aliphatic carbocycles. The number of rotatable bonds is 4. The number of aromatic nitrogens is 3. The van der Waals surface area contributed by atoms with E-state index in [1.54, 1.807) is 0 Å². The van der Waals surface area contributed by atoms with Crippen LogP contribution in [0.4, 0.5) is 5.95 Å². The average molecular weight is 198 g/mol. The van der Waals surface area contributed by atoms with Crippen molar-refractivity contribution in [3.63, 3.8) is 0 Å². The molecule has 1 heterocycles. The number of carboxylic acid groups (broad SMARTS) is 1. The van der Waals surface area contributed by atoms with E-state index in [4.69, 9.17) is 5.11 Å². The van der Waals surface area contributed by atoms with Crippen LogP contribution in [-0.4, -0.2) is 38.7 Å². The van der Waals surface area contributed by atoms with E-state index < -0.39 is 5.97 Å². The molecule has 0 aliphatic rings. The molecule has 1 amide bonds. The predicted molar refractivity (Wildman–Crippen MR) is 46.7 cm³/mol. The van der Waals surface area contributed by atoms with Crippen LogP contribution in [0.25, 0.3) is 0 Å². The number of carbonyl (C=O) groups is 2. The molecule has 0 radical (unpaired) electrons. The number of amides is 1. The SMILES string of the molecule is CC(=O)N(CCC(=O)O)c1ncn[nH]1. The molecule has 7 nitrogen and oxygen atoms in total. The Morgan fingerprint density at radius 1 is 1.64 bits per heavy atom. The van der Waals surface area contributed by atoms with Crippen LogP contribution in [0.1, 0.15) is 13.3 Å². The highest BCUT2D eigenvalue weighted by molar-refractivity contribution is 5.89. The molecule has 0 aromatic carbocycles. The molecule has 0 unspecified atom stereocenters. The number of nitrogens with one attached hydrogen (secondary N) is 1. The van der Waals surface area contributed by atoms with E-state index in [0.717, 1.165) is 0 Å². The van der Waals surface area contributed by atoms with E-state index in [9.17, 15) is 9.59 Å². The van der Waals surface area contributed by atoms with Gasteiger partial charge in [0.05, 0.1) is 6.42 Å². The first kappa shape index (κ1) is 10.2. The summed E-state index contributed by atoms with van der Waals surface area (Å²) < 4.78 is 0. The Morgan fingerprint density at radius 3 is 2.79 bits per heavy atom. The Labute approximate surface area is 79.8 Å². The first-order chi connectivity index (χ1) is 6.61. The zero-order valence-electron chi connectivity index (χ0n) is 7.60. The number of anilines is 1. The van der Waals surface area contributed by atoms with Gasteiger partial charge in [0.1, 0.15) is 6.33 Å². The third-order valence-corrected chi connectivity index (χ3v) is 1.59. The maximum atomic E-state index is 11.1. The first-order valence-electron chi connectivity index (χ1n) is 3.96. The van der Waals surface area contributed by atoms with Crippen LogP contribution in [0.3, 0.4) is 0 Å². The van der Waals surface area contributed by atoms with Crippen molar-refractivity contribution < 1.29 is 14.7 Å². The van der Waals surface area contributed by atoms with Crippen molar-refractivity contribution in [2.75, 3.05) is 11.4 Å². The van der Waals surface area contributed by atoms with Crippen LogP contribution in [0, 0.1) is 0 Å². The number of aromatic amines is 1. The van der Waals surface area contributed by atoms with Crippen LogP contribution >= 0.6 is 0 Å². The van der Waals surface area contributed by atoms with E-state index in [1.165, 1.54) is 18.2 Å². The second-order valence-corrected chi connectivity index (χ2v) is 2.62. The predicted octanol–water partition coefficient (Wildman–Crippen LogP) is -0.368. The van der Waals surface area contributed by atoms with Gasteiger partial charge in [-0.3, -0.25) is 14.5 Å². The second-order valence-electron chi connectivity index (χ2n) is 2.62. The summed E-state index contributed by atoms with van der Waals surface area (Å²) in [6.07, 6.45) is 1.13. The van der Waals surface area contributed by atoms with Gasteiger partial charge in [0.2, 0.25) is 11.9 Å².